The lowest BCUT2D eigenvalue weighted by Gasteiger charge is -2.42. The van der Waals surface area contributed by atoms with E-state index in [1.165, 1.54) is 7.11 Å². The zero-order chi connectivity index (χ0) is 20.7. The van der Waals surface area contributed by atoms with Gasteiger partial charge in [0.2, 0.25) is 14.9 Å². The number of unbranched alkanes of at least 4 members (excludes halogenated alkanes) is 1. The largest absolute Gasteiger partial charge is 0.486 e. The lowest BCUT2D eigenvalue weighted by Crippen LogP contribution is -2.47. The molecule has 27 heavy (non-hydrogen) atoms. The highest BCUT2D eigenvalue weighted by Gasteiger charge is 2.44. The molecule has 1 aromatic rings. The Kier molecular flexibility index (Phi) is 9.25. The van der Waals surface area contributed by atoms with Gasteiger partial charge in [-0.3, -0.25) is 0 Å². The van der Waals surface area contributed by atoms with Crippen molar-refractivity contribution in [2.45, 2.75) is 75.9 Å². The van der Waals surface area contributed by atoms with Crippen molar-refractivity contribution in [1.82, 2.24) is 0 Å². The predicted octanol–water partition coefficient (Wildman–Crippen LogP) is 5.92. The summed E-state index contributed by atoms with van der Waals surface area (Å²) >= 11 is 0. The maximum atomic E-state index is 12.6. The highest BCUT2D eigenvalue weighted by Crippen LogP contribution is 2.42. The molecule has 0 aliphatic carbocycles. The van der Waals surface area contributed by atoms with E-state index < -0.39 is 18.2 Å². The molecule has 6 heteroatoms. The molecule has 0 aliphatic rings. The van der Waals surface area contributed by atoms with Crippen molar-refractivity contribution >= 4 is 18.2 Å². The molecule has 1 aromatic carbocycles. The van der Waals surface area contributed by atoms with E-state index >= 15 is 0 Å². The molecule has 0 radical (unpaired) electrons. The Balaban J connectivity index is 2.77. The van der Waals surface area contributed by atoms with Crippen LogP contribution in [-0.4, -0.2) is 30.5 Å². The molecular formula is C21H36O4SSi. The molecule has 0 amide bonds. The highest BCUT2D eigenvalue weighted by atomic mass is 32.2. The molecule has 0 heterocycles. The second-order valence-corrected chi connectivity index (χ2v) is 15.2. The van der Waals surface area contributed by atoms with Gasteiger partial charge in [0.1, 0.15) is 0 Å². The molecule has 154 valence electrons. The number of rotatable bonds is 11. The zero-order valence-corrected chi connectivity index (χ0v) is 19.7. The third-order valence-corrected chi connectivity index (χ3v) is 13.1. The summed E-state index contributed by atoms with van der Waals surface area (Å²) in [5.41, 5.74) is 1.63. The Morgan fingerprint density at radius 1 is 1.00 bits per heavy atom. The van der Waals surface area contributed by atoms with E-state index in [0.717, 1.165) is 6.42 Å². The third-order valence-electron chi connectivity index (χ3n) is 5.24. The van der Waals surface area contributed by atoms with Crippen molar-refractivity contribution in [2.75, 3.05) is 13.7 Å². The van der Waals surface area contributed by atoms with E-state index in [1.807, 2.05) is 0 Å². The normalized spacial score (nSPS) is 13.6. The summed E-state index contributed by atoms with van der Waals surface area (Å²) in [5, 5.41) is 0.00814. The van der Waals surface area contributed by atoms with Crippen LogP contribution in [0.2, 0.25) is 16.6 Å². The third kappa shape index (κ3) is 5.68. The van der Waals surface area contributed by atoms with E-state index in [9.17, 15) is 8.42 Å². The molecule has 0 aliphatic heterocycles. The van der Waals surface area contributed by atoms with Gasteiger partial charge >= 0.3 is 0 Å². The summed E-state index contributed by atoms with van der Waals surface area (Å²) in [4.78, 5) is 0.250. The molecule has 1 rings (SSSR count). The molecule has 0 unspecified atom stereocenters. The quantitative estimate of drug-likeness (QED) is 0.257. The van der Waals surface area contributed by atoms with Gasteiger partial charge in [0.15, 0.2) is 8.32 Å². The number of hydrogen-bond donors (Lipinski definition) is 0. The topological polar surface area (TPSA) is 52.6 Å². The molecule has 0 saturated carbocycles. The standard InChI is InChI=1S/C21H36O4SSi/c1-17(2)27(18(3)4,19(5)6)25-16-12-11-15-21(24-7)26(22,23)20-13-9-8-10-14-20/h8-10,13-15,17-19H,11-12,16H2,1-7H3/b21-15+. The molecule has 0 bridgehead atoms. The molecular weight excluding hydrogens is 376 g/mol. The van der Waals surface area contributed by atoms with E-state index in [2.05, 4.69) is 41.5 Å². The van der Waals surface area contributed by atoms with Crippen molar-refractivity contribution in [3.63, 3.8) is 0 Å². The Morgan fingerprint density at radius 2 is 1.52 bits per heavy atom. The van der Waals surface area contributed by atoms with Gasteiger partial charge in [0.25, 0.3) is 0 Å². The summed E-state index contributed by atoms with van der Waals surface area (Å²) in [6, 6.07) is 8.38. The molecule has 0 N–H and O–H groups in total. The van der Waals surface area contributed by atoms with E-state index in [1.54, 1.807) is 36.4 Å². The van der Waals surface area contributed by atoms with Gasteiger partial charge in [-0.25, -0.2) is 8.42 Å². The molecule has 0 aromatic heterocycles. The highest BCUT2D eigenvalue weighted by molar-refractivity contribution is 7.95. The van der Waals surface area contributed by atoms with Crippen LogP contribution in [0.3, 0.4) is 0 Å². The van der Waals surface area contributed by atoms with Crippen LogP contribution in [0.5, 0.6) is 0 Å². The predicted molar refractivity (Wildman–Crippen MR) is 115 cm³/mol. The van der Waals surface area contributed by atoms with Crippen LogP contribution >= 0.6 is 0 Å². The van der Waals surface area contributed by atoms with Crippen LogP contribution in [0.4, 0.5) is 0 Å². The van der Waals surface area contributed by atoms with Crippen molar-refractivity contribution in [3.8, 4) is 0 Å². The van der Waals surface area contributed by atoms with Gasteiger partial charge in [-0.2, -0.15) is 0 Å². The van der Waals surface area contributed by atoms with Gasteiger partial charge in [0.05, 0.1) is 12.0 Å². The maximum absolute atomic E-state index is 12.6. The second-order valence-electron chi connectivity index (χ2n) is 7.85. The second kappa shape index (κ2) is 10.4. The molecule has 0 fully saturated rings. The number of hydrogen-bond acceptors (Lipinski definition) is 4. The van der Waals surface area contributed by atoms with Gasteiger partial charge in [-0.15, -0.1) is 0 Å². The zero-order valence-electron chi connectivity index (χ0n) is 17.9. The number of sulfone groups is 1. The Hall–Kier alpha value is -1.11. The molecule has 0 spiro atoms. The molecule has 0 atom stereocenters. The smallest absolute Gasteiger partial charge is 0.238 e. The summed E-state index contributed by atoms with van der Waals surface area (Å²) < 4.78 is 37.0. The van der Waals surface area contributed by atoms with Gasteiger partial charge in [-0.1, -0.05) is 59.7 Å². The summed E-state index contributed by atoms with van der Waals surface area (Å²) in [7, 11) is -4.07. The van der Waals surface area contributed by atoms with Crippen LogP contribution in [0.15, 0.2) is 46.4 Å². The van der Waals surface area contributed by atoms with Crippen molar-refractivity contribution in [2.24, 2.45) is 0 Å². The van der Waals surface area contributed by atoms with Crippen LogP contribution < -0.4 is 0 Å². The SMILES string of the molecule is CO/C(=C\CCCO[Si](C(C)C)(C(C)C)C(C)C)S(=O)(=O)c1ccccc1. The number of methoxy groups -OCH3 is 1. The first-order valence-corrected chi connectivity index (χ1v) is 13.4. The Labute approximate surface area is 167 Å². The minimum atomic E-state index is -3.60. The minimum Gasteiger partial charge on any atom is -0.486 e. The van der Waals surface area contributed by atoms with Crippen LogP contribution in [0.25, 0.3) is 0 Å². The average Bonchev–Trinajstić information content (AvgIpc) is 2.60. The number of ether oxygens (including phenoxy) is 1. The fourth-order valence-corrected chi connectivity index (χ4v) is 10.9. The van der Waals surface area contributed by atoms with E-state index in [0.29, 0.717) is 29.7 Å². The number of allylic oxidation sites excluding steroid dienone is 1. The summed E-state index contributed by atoms with van der Waals surface area (Å²) in [5.74, 6) is 0. The van der Waals surface area contributed by atoms with E-state index in [-0.39, 0.29) is 9.99 Å². The van der Waals surface area contributed by atoms with Crippen LogP contribution in [0.1, 0.15) is 54.4 Å². The first kappa shape index (κ1) is 23.9. The molecule has 4 nitrogen and oxygen atoms in total. The van der Waals surface area contributed by atoms with Crippen LogP contribution in [-0.2, 0) is 19.0 Å². The van der Waals surface area contributed by atoms with Crippen molar-refractivity contribution in [3.05, 3.63) is 41.5 Å². The summed E-state index contributed by atoms with van der Waals surface area (Å²) in [6.45, 7) is 14.2. The fraction of sp³-hybridized carbons (Fsp3) is 0.619. The van der Waals surface area contributed by atoms with Crippen molar-refractivity contribution < 1.29 is 17.6 Å². The van der Waals surface area contributed by atoms with Gasteiger partial charge in [-0.05, 0) is 47.7 Å². The Bertz CT molecular complexity index is 672. The molecule has 0 saturated heterocycles. The lowest BCUT2D eigenvalue weighted by molar-refractivity contribution is 0.272. The Morgan fingerprint density at radius 3 is 1.96 bits per heavy atom. The van der Waals surface area contributed by atoms with Gasteiger partial charge in [0, 0.05) is 6.61 Å². The summed E-state index contributed by atoms with van der Waals surface area (Å²) in [6.07, 6.45) is 3.04. The average molecular weight is 413 g/mol. The maximum Gasteiger partial charge on any atom is 0.238 e. The first-order valence-electron chi connectivity index (χ1n) is 9.78. The monoisotopic (exact) mass is 412 g/mol. The van der Waals surface area contributed by atoms with Crippen LogP contribution in [0, 0.1) is 0 Å². The first-order chi connectivity index (χ1) is 12.6. The van der Waals surface area contributed by atoms with E-state index in [4.69, 9.17) is 9.16 Å². The van der Waals surface area contributed by atoms with Gasteiger partial charge < -0.3 is 9.16 Å². The minimum absolute atomic E-state index is 0.00814. The number of benzene rings is 1. The van der Waals surface area contributed by atoms with Crippen molar-refractivity contribution in [1.29, 1.82) is 0 Å². The fourth-order valence-electron chi connectivity index (χ4n) is 4.07. The lowest BCUT2D eigenvalue weighted by atomic mass is 10.3.